The number of nitrogens with zero attached hydrogens (tertiary/aromatic N) is 3. The van der Waals surface area contributed by atoms with Crippen molar-refractivity contribution >= 4 is 40.3 Å². The van der Waals surface area contributed by atoms with Crippen molar-refractivity contribution in [2.24, 2.45) is 5.10 Å². The number of benzene rings is 2. The Labute approximate surface area is 229 Å². The summed E-state index contributed by atoms with van der Waals surface area (Å²) < 4.78 is 35.9. The van der Waals surface area contributed by atoms with Gasteiger partial charge in [-0.2, -0.15) is 0 Å². The van der Waals surface area contributed by atoms with Gasteiger partial charge in [-0.15, -0.1) is 5.10 Å². The average Bonchev–Trinajstić information content (AvgIpc) is 2.80. The van der Waals surface area contributed by atoms with E-state index < -0.39 is 34.8 Å². The van der Waals surface area contributed by atoms with Gasteiger partial charge in [-0.25, -0.2) is 0 Å². The second-order valence-corrected chi connectivity index (χ2v) is 14.6. The minimum atomic E-state index is -4.47. The van der Waals surface area contributed by atoms with Gasteiger partial charge in [0.2, 0.25) is 11.8 Å². The summed E-state index contributed by atoms with van der Waals surface area (Å²) in [6, 6.07) is 14.5. The van der Waals surface area contributed by atoms with Gasteiger partial charge < -0.3 is 24.3 Å². The Morgan fingerprint density at radius 3 is 2.00 bits per heavy atom. The Kier molecular flexibility index (Phi) is 12.0. The van der Waals surface area contributed by atoms with E-state index in [0.29, 0.717) is 12.2 Å². The third-order valence-electron chi connectivity index (χ3n) is 5.33. The fraction of sp³-hybridized carbons (Fsp3) is 0.435. The van der Waals surface area contributed by atoms with Crippen LogP contribution in [0.3, 0.4) is 0 Å². The summed E-state index contributed by atoms with van der Waals surface area (Å²) in [6.45, 7) is 6.21. The normalized spacial score (nSPS) is 13.1. The van der Waals surface area contributed by atoms with Gasteiger partial charge in [-0.3, -0.25) is 18.6 Å². The van der Waals surface area contributed by atoms with Gasteiger partial charge >= 0.3 is 22.3 Å². The molecule has 0 saturated heterocycles. The van der Waals surface area contributed by atoms with Crippen LogP contribution < -0.4 is 9.26 Å². The van der Waals surface area contributed by atoms with Crippen molar-refractivity contribution in [3.05, 3.63) is 59.7 Å². The van der Waals surface area contributed by atoms with Crippen LogP contribution in [-0.2, 0) is 27.4 Å². The second-order valence-electron chi connectivity index (χ2n) is 9.25. The zero-order chi connectivity index (χ0) is 28.6. The van der Waals surface area contributed by atoms with Crippen molar-refractivity contribution in [1.82, 2.24) is 9.68 Å². The highest BCUT2D eigenvalue weighted by atomic mass is 32.4. The number of hydrogen-bond acceptors (Lipinski definition) is 7. The molecule has 38 heavy (non-hydrogen) atoms. The first-order valence-corrected chi connectivity index (χ1v) is 17.5. The van der Waals surface area contributed by atoms with Crippen LogP contribution >= 0.6 is 22.3 Å². The molecule has 0 saturated carbocycles. The Morgan fingerprint density at radius 2 is 1.50 bits per heavy atom. The van der Waals surface area contributed by atoms with Crippen LogP contribution in [-0.4, -0.2) is 67.2 Å². The lowest BCUT2D eigenvalue weighted by molar-refractivity contribution is 0.105. The molecule has 0 aliphatic carbocycles. The maximum atomic E-state index is 11.3. The van der Waals surface area contributed by atoms with Crippen LogP contribution in [0, 0.1) is 0 Å². The number of rotatable bonds is 15. The summed E-state index contributed by atoms with van der Waals surface area (Å²) in [5.41, 5.74) is 1.45. The molecular weight excluding hydrogens is 571 g/mol. The van der Waals surface area contributed by atoms with Gasteiger partial charge in [0.15, 0.2) is 5.75 Å². The number of hydrazone groups is 1. The van der Waals surface area contributed by atoms with Crippen LogP contribution in [0.1, 0.15) is 38.3 Å². The van der Waals surface area contributed by atoms with E-state index in [1.54, 1.807) is 42.3 Å². The smallest absolute Gasteiger partial charge is 0.488 e. The summed E-state index contributed by atoms with van der Waals surface area (Å²) in [6.07, 6.45) is 1.43. The molecule has 0 radical (unpaired) electrons. The Hall–Kier alpha value is -1.71. The van der Waals surface area contributed by atoms with Crippen molar-refractivity contribution in [1.29, 1.82) is 0 Å². The first-order chi connectivity index (χ1) is 17.5. The van der Waals surface area contributed by atoms with Gasteiger partial charge in [-0.1, -0.05) is 23.8 Å². The molecule has 1 unspecified atom stereocenters. The predicted molar refractivity (Wildman–Crippen MR) is 152 cm³/mol. The molecular formula is C23H35N3O8P3S+. The van der Waals surface area contributed by atoms with E-state index in [4.69, 9.17) is 21.1 Å². The third-order valence-corrected chi connectivity index (χ3v) is 8.74. The van der Waals surface area contributed by atoms with Crippen LogP contribution in [0.5, 0.6) is 11.5 Å². The molecule has 2 rings (SSSR count). The molecule has 1 atom stereocenters. The van der Waals surface area contributed by atoms with E-state index in [1.807, 2.05) is 38.1 Å². The predicted octanol–water partition coefficient (Wildman–Crippen LogP) is 4.49. The van der Waals surface area contributed by atoms with Crippen LogP contribution in [0.2, 0.25) is 0 Å². The van der Waals surface area contributed by atoms with Crippen LogP contribution in [0.4, 0.5) is 0 Å². The summed E-state index contributed by atoms with van der Waals surface area (Å²) >= 11 is 5.45. The van der Waals surface area contributed by atoms with Crippen molar-refractivity contribution in [3.63, 3.8) is 0 Å². The topological polar surface area (TPSA) is 152 Å². The van der Waals surface area contributed by atoms with Gasteiger partial charge in [-0.05, 0) is 74.2 Å². The first-order valence-electron chi connectivity index (χ1n) is 11.7. The van der Waals surface area contributed by atoms with E-state index in [1.165, 1.54) is 0 Å². The first kappa shape index (κ1) is 32.5. The Balaban J connectivity index is 1.90. The largest absolute Gasteiger partial charge is 0.540 e. The minimum absolute atomic E-state index is 0.0606. The van der Waals surface area contributed by atoms with Gasteiger partial charge in [0.05, 0.1) is 13.3 Å². The standard InChI is InChI=1S/C23H34N3O8P3S/c1-5-23(2,3)33-21-10-8-20(9-11-21)16-24-25(4)35(38)34-22-12-6-19(7-13-22)14-15-26(17-36(27,28)29)18-37(30,31)32/h6-13,16H,5,14-15,17-18H2,1-4H3,(H3-,27,28,29,30,31,32)/p+1. The fourth-order valence-electron chi connectivity index (χ4n) is 3.07. The lowest BCUT2D eigenvalue weighted by Gasteiger charge is -2.24. The molecule has 0 aliphatic rings. The molecule has 2 aromatic rings. The van der Waals surface area contributed by atoms with Gasteiger partial charge in [0.1, 0.15) is 23.9 Å². The molecule has 0 spiro atoms. The van der Waals surface area contributed by atoms with Crippen molar-refractivity contribution in [3.8, 4) is 11.5 Å². The molecule has 0 amide bonds. The molecule has 0 fully saturated rings. The van der Waals surface area contributed by atoms with E-state index >= 15 is 0 Å². The van der Waals surface area contributed by atoms with Crippen LogP contribution in [0.15, 0.2) is 53.6 Å². The molecule has 11 nitrogen and oxygen atoms in total. The fourth-order valence-corrected chi connectivity index (χ4v) is 5.69. The van der Waals surface area contributed by atoms with Crippen molar-refractivity contribution < 1.29 is 38.0 Å². The van der Waals surface area contributed by atoms with Crippen molar-refractivity contribution in [2.45, 2.75) is 39.2 Å². The average molecular weight is 607 g/mol. The highest BCUT2D eigenvalue weighted by molar-refractivity contribution is 8.02. The SMILES string of the molecule is CCC(C)(C)Oc1ccc(C=NN(C)[P+](=S)Oc2ccc(CCN(CP(=O)(O)O)CP(=O)(O)O)cc2)cc1. The Morgan fingerprint density at radius 1 is 0.974 bits per heavy atom. The second kappa shape index (κ2) is 14.1. The quantitative estimate of drug-likeness (QED) is 0.129. The van der Waals surface area contributed by atoms with Gasteiger partial charge in [0.25, 0.3) is 0 Å². The highest BCUT2D eigenvalue weighted by Crippen LogP contribution is 2.40. The summed E-state index contributed by atoms with van der Waals surface area (Å²) in [4.78, 5) is 37.8. The summed E-state index contributed by atoms with van der Waals surface area (Å²) in [7, 11) is -8.70. The van der Waals surface area contributed by atoms with Crippen molar-refractivity contribution in [2.75, 3.05) is 26.2 Å². The lowest BCUT2D eigenvalue weighted by Crippen LogP contribution is -2.28. The number of hydrogen-bond donors (Lipinski definition) is 4. The monoisotopic (exact) mass is 606 g/mol. The maximum Gasteiger partial charge on any atom is 0.540 e. The molecule has 0 aromatic heterocycles. The van der Waals surface area contributed by atoms with E-state index in [0.717, 1.165) is 28.2 Å². The number of ether oxygens (including phenoxy) is 1. The van der Waals surface area contributed by atoms with E-state index in [2.05, 4.69) is 12.0 Å². The summed E-state index contributed by atoms with van der Waals surface area (Å²) in [5.74, 6) is 1.31. The van der Waals surface area contributed by atoms with Gasteiger partial charge in [0, 0.05) is 6.54 Å². The molecule has 0 bridgehead atoms. The molecule has 2 aromatic carbocycles. The molecule has 0 heterocycles. The zero-order valence-corrected chi connectivity index (χ0v) is 25.2. The van der Waals surface area contributed by atoms with E-state index in [9.17, 15) is 28.7 Å². The zero-order valence-electron chi connectivity index (χ0n) is 21.7. The van der Waals surface area contributed by atoms with Crippen LogP contribution in [0.25, 0.3) is 0 Å². The molecule has 210 valence electrons. The Bertz CT molecular complexity index is 1160. The lowest BCUT2D eigenvalue weighted by atomic mass is 10.1. The minimum Gasteiger partial charge on any atom is -0.488 e. The summed E-state index contributed by atoms with van der Waals surface area (Å²) in [5, 5.41) is 4.37. The molecule has 4 N–H and O–H groups in total. The maximum absolute atomic E-state index is 11.3. The van der Waals surface area contributed by atoms with E-state index in [-0.39, 0.29) is 12.1 Å². The molecule has 0 aliphatic heterocycles. The third kappa shape index (κ3) is 12.9. The highest BCUT2D eigenvalue weighted by Gasteiger charge is 2.26. The molecule has 15 heteroatoms.